The molecule has 0 aromatic heterocycles. The lowest BCUT2D eigenvalue weighted by Gasteiger charge is -2.40. The average molecular weight is 514 g/mol. The molecule has 2 rings (SSSR count). The number of carbonyl (C=O) groups is 3. The Morgan fingerprint density at radius 1 is 0.889 bits per heavy atom. The van der Waals surface area contributed by atoms with Crippen molar-refractivity contribution >= 4 is 17.5 Å². The van der Waals surface area contributed by atoms with Crippen molar-refractivity contribution in [2.75, 3.05) is 20.8 Å². The van der Waals surface area contributed by atoms with Crippen LogP contribution in [0.25, 0.3) is 0 Å². The summed E-state index contributed by atoms with van der Waals surface area (Å²) < 4.78 is 15.3. The monoisotopic (exact) mass is 513 g/mol. The number of carbonyl (C=O) groups excluding carboxylic acids is 3. The van der Waals surface area contributed by atoms with Gasteiger partial charge in [0.25, 0.3) is 0 Å². The molecular weight excluding hydrogens is 474 g/mol. The summed E-state index contributed by atoms with van der Waals surface area (Å²) in [5.41, 5.74) is 0.609. The third-order valence-corrected chi connectivity index (χ3v) is 6.61. The van der Waals surface area contributed by atoms with Crippen LogP contribution >= 0.6 is 0 Å². The van der Waals surface area contributed by atoms with Crippen molar-refractivity contribution in [3.63, 3.8) is 0 Å². The van der Waals surface area contributed by atoms with Crippen LogP contribution in [0.1, 0.15) is 64.7 Å². The highest BCUT2D eigenvalue weighted by Crippen LogP contribution is 2.29. The Kier molecular flexibility index (Phi) is 12.0. The Bertz CT molecular complexity index is 852. The van der Waals surface area contributed by atoms with Crippen molar-refractivity contribution in [1.82, 2.24) is 5.32 Å². The molecule has 5 N–H and O–H groups in total. The van der Waals surface area contributed by atoms with Gasteiger partial charge < -0.3 is 40.0 Å². The predicted molar refractivity (Wildman–Crippen MR) is 127 cm³/mol. The molecule has 0 bridgehead atoms. The van der Waals surface area contributed by atoms with Gasteiger partial charge in [0.2, 0.25) is 17.5 Å². The summed E-state index contributed by atoms with van der Waals surface area (Å²) in [4.78, 5) is 37.2. The number of Topliss-reactive ketones (excluding diaryl/α,β-unsaturated/α-hetero) is 2. The Morgan fingerprint density at radius 3 is 2.06 bits per heavy atom. The van der Waals surface area contributed by atoms with E-state index in [0.29, 0.717) is 18.4 Å². The highest BCUT2D eigenvalue weighted by atomic mass is 16.6. The average Bonchev–Trinajstić information content (AvgIpc) is 2.86. The fraction of sp³-hybridized carbons (Fsp3) is 0.720. The van der Waals surface area contributed by atoms with E-state index in [0.717, 1.165) is 38.5 Å². The zero-order valence-corrected chi connectivity index (χ0v) is 21.2. The van der Waals surface area contributed by atoms with Gasteiger partial charge in [-0.05, 0) is 26.2 Å². The van der Waals surface area contributed by atoms with Crippen LogP contribution in [0.4, 0.5) is 0 Å². The maximum atomic E-state index is 12.6. The van der Waals surface area contributed by atoms with Crippen molar-refractivity contribution < 1.29 is 49.0 Å². The van der Waals surface area contributed by atoms with Gasteiger partial charge in [-0.2, -0.15) is 0 Å². The molecule has 0 spiro atoms. The van der Waals surface area contributed by atoms with Crippen LogP contribution in [-0.4, -0.2) is 89.4 Å². The number of hydrogen-bond donors (Lipinski definition) is 5. The lowest BCUT2D eigenvalue weighted by Crippen LogP contribution is -2.64. The number of ketones is 2. The fourth-order valence-corrected chi connectivity index (χ4v) is 4.49. The number of ether oxygens (including phenoxy) is 3. The molecule has 0 saturated carbocycles. The summed E-state index contributed by atoms with van der Waals surface area (Å²) >= 11 is 0. The van der Waals surface area contributed by atoms with Crippen LogP contribution in [0, 0.1) is 0 Å². The first kappa shape index (κ1) is 29.9. The van der Waals surface area contributed by atoms with E-state index < -0.39 is 37.3 Å². The molecular formula is C25H39NO10. The molecule has 2 aliphatic rings. The molecule has 11 heteroatoms. The van der Waals surface area contributed by atoms with Crippen LogP contribution in [0.15, 0.2) is 22.7 Å². The van der Waals surface area contributed by atoms with Gasteiger partial charge in [-0.25, -0.2) is 0 Å². The van der Waals surface area contributed by atoms with E-state index in [1.807, 2.05) is 0 Å². The minimum absolute atomic E-state index is 0.0744. The Morgan fingerprint density at radius 2 is 1.47 bits per heavy atom. The first-order valence-corrected chi connectivity index (χ1v) is 12.4. The van der Waals surface area contributed by atoms with Gasteiger partial charge in [0.1, 0.15) is 24.4 Å². The summed E-state index contributed by atoms with van der Waals surface area (Å²) in [7, 11) is 2.76. The maximum Gasteiger partial charge on any atom is 0.227 e. The number of hydrogen-bond acceptors (Lipinski definition) is 10. The van der Waals surface area contributed by atoms with E-state index in [-0.39, 0.29) is 41.0 Å². The fourth-order valence-electron chi connectivity index (χ4n) is 4.49. The number of methoxy groups -OCH3 is 2. The van der Waals surface area contributed by atoms with Crippen LogP contribution in [0.3, 0.4) is 0 Å². The number of amides is 1. The van der Waals surface area contributed by atoms with Crippen LogP contribution in [-0.2, 0) is 28.6 Å². The minimum Gasteiger partial charge on any atom is -0.492 e. The van der Waals surface area contributed by atoms with E-state index >= 15 is 0 Å². The van der Waals surface area contributed by atoms with Crippen LogP contribution in [0.2, 0.25) is 0 Å². The third kappa shape index (κ3) is 7.36. The molecule has 1 saturated heterocycles. The molecule has 0 aromatic carbocycles. The topological polar surface area (TPSA) is 172 Å². The lowest BCUT2D eigenvalue weighted by atomic mass is 9.90. The smallest absolute Gasteiger partial charge is 0.227 e. The maximum absolute atomic E-state index is 12.6. The van der Waals surface area contributed by atoms with E-state index in [4.69, 9.17) is 19.3 Å². The molecule has 1 aliphatic carbocycles. The molecule has 36 heavy (non-hydrogen) atoms. The van der Waals surface area contributed by atoms with E-state index in [1.165, 1.54) is 14.2 Å². The van der Waals surface area contributed by atoms with Gasteiger partial charge in [0, 0.05) is 17.6 Å². The van der Waals surface area contributed by atoms with Crippen molar-refractivity contribution in [3.8, 4) is 0 Å². The number of aliphatic hydroxyl groups is 4. The molecule has 1 amide bonds. The number of allylic oxidation sites excluding steroid dienone is 2. The molecule has 0 radical (unpaired) electrons. The van der Waals surface area contributed by atoms with Gasteiger partial charge in [0.15, 0.2) is 17.8 Å². The van der Waals surface area contributed by atoms with Crippen molar-refractivity contribution in [2.24, 2.45) is 0 Å². The summed E-state index contributed by atoms with van der Waals surface area (Å²) in [5.74, 6) is -0.819. The molecule has 0 aromatic rings. The SMILES string of the molecule is COC1=C(C)C(=O)C(OC)=C(CCCCCCCCCC(=O)N[C@@H]2[C@@H](O)[C@H](O)[C@@H](CO)O[C@H]2O)C1=O. The predicted octanol–water partition coefficient (Wildman–Crippen LogP) is 0.386. The summed E-state index contributed by atoms with van der Waals surface area (Å²) in [5, 5.41) is 41.5. The minimum atomic E-state index is -1.52. The third-order valence-electron chi connectivity index (χ3n) is 6.61. The van der Waals surface area contributed by atoms with Crippen LogP contribution < -0.4 is 5.32 Å². The lowest BCUT2D eigenvalue weighted by molar-refractivity contribution is -0.253. The highest BCUT2D eigenvalue weighted by Gasteiger charge is 2.44. The van der Waals surface area contributed by atoms with Gasteiger partial charge in [-0.1, -0.05) is 32.1 Å². The van der Waals surface area contributed by atoms with Gasteiger partial charge in [-0.15, -0.1) is 0 Å². The van der Waals surface area contributed by atoms with Crippen molar-refractivity contribution in [2.45, 2.75) is 95.4 Å². The normalized spacial score (nSPS) is 26.9. The van der Waals surface area contributed by atoms with Gasteiger partial charge >= 0.3 is 0 Å². The Balaban J connectivity index is 1.62. The quantitative estimate of drug-likeness (QED) is 0.162. The van der Waals surface area contributed by atoms with Crippen molar-refractivity contribution in [1.29, 1.82) is 0 Å². The zero-order valence-electron chi connectivity index (χ0n) is 21.2. The Labute approximate surface area is 211 Å². The molecule has 1 heterocycles. The molecule has 0 unspecified atom stereocenters. The first-order valence-electron chi connectivity index (χ1n) is 12.4. The summed E-state index contributed by atoms with van der Waals surface area (Å²) in [6, 6.07) is -1.17. The largest absolute Gasteiger partial charge is 0.492 e. The van der Waals surface area contributed by atoms with Crippen molar-refractivity contribution in [3.05, 3.63) is 22.7 Å². The number of nitrogens with one attached hydrogen (secondary N) is 1. The van der Waals surface area contributed by atoms with E-state index in [9.17, 15) is 29.7 Å². The summed E-state index contributed by atoms with van der Waals surface area (Å²) in [6.07, 6.45) is 1.00. The standard InChI is InChI=1S/C25H39NO10/c1-14-19(29)24(35-3)15(20(30)23(14)34-2)11-9-7-5-4-6-8-10-12-17(28)26-18-22(32)21(31)16(13-27)36-25(18)33/h16,18,21-22,25,27,31-33H,4-13H2,1-3H3,(H,26,28)/t16-,18-,21-,22-,25-/m1/s1. The van der Waals surface area contributed by atoms with Gasteiger partial charge in [0.05, 0.1) is 20.8 Å². The zero-order chi connectivity index (χ0) is 26.8. The second kappa shape index (κ2) is 14.4. The molecule has 1 fully saturated rings. The van der Waals surface area contributed by atoms with E-state index in [1.54, 1.807) is 6.92 Å². The number of rotatable bonds is 14. The summed E-state index contributed by atoms with van der Waals surface area (Å²) in [6.45, 7) is 0.985. The Hall–Kier alpha value is -2.31. The second-order valence-corrected chi connectivity index (χ2v) is 9.13. The first-order chi connectivity index (χ1) is 17.2. The molecule has 11 nitrogen and oxygen atoms in total. The number of aliphatic hydroxyl groups excluding tert-OH is 4. The molecule has 1 aliphatic heterocycles. The molecule has 204 valence electrons. The van der Waals surface area contributed by atoms with Gasteiger partial charge in [-0.3, -0.25) is 14.4 Å². The second-order valence-electron chi connectivity index (χ2n) is 9.13. The highest BCUT2D eigenvalue weighted by molar-refractivity contribution is 6.23. The van der Waals surface area contributed by atoms with E-state index in [2.05, 4.69) is 5.32 Å². The molecule has 5 atom stereocenters. The van der Waals surface area contributed by atoms with Crippen LogP contribution in [0.5, 0.6) is 0 Å². The number of unbranched alkanes of at least 4 members (excludes halogenated alkanes) is 6.